The van der Waals surface area contributed by atoms with Gasteiger partial charge < -0.3 is 14.8 Å². The molecule has 2 aromatic carbocycles. The Morgan fingerprint density at radius 1 is 1.21 bits per heavy atom. The largest absolute Gasteiger partial charge is 0.491 e. The van der Waals surface area contributed by atoms with Crippen LogP contribution < -0.4 is 4.74 Å². The number of benzene rings is 2. The SMILES string of the molecule is CC(C)Oc1ccc(F)c(-c2ccc3[nH]c(CN4CCC[C@@H]4CO)cc3c2)c1. The average Bonchev–Trinajstić information content (AvgIpc) is 3.28. The van der Waals surface area contributed by atoms with Crippen molar-refractivity contribution in [2.75, 3.05) is 13.2 Å². The van der Waals surface area contributed by atoms with Gasteiger partial charge in [-0.3, -0.25) is 4.90 Å². The minimum Gasteiger partial charge on any atom is -0.491 e. The number of ether oxygens (including phenoxy) is 1. The molecule has 0 unspecified atom stereocenters. The van der Waals surface area contributed by atoms with Gasteiger partial charge in [0, 0.05) is 34.7 Å². The second-order valence-corrected chi connectivity index (χ2v) is 7.85. The first-order valence-corrected chi connectivity index (χ1v) is 9.96. The third-order valence-electron chi connectivity index (χ3n) is 5.38. The number of nitrogens with one attached hydrogen (secondary N) is 1. The van der Waals surface area contributed by atoms with Gasteiger partial charge in [-0.2, -0.15) is 0 Å². The van der Waals surface area contributed by atoms with E-state index in [1.54, 1.807) is 12.1 Å². The van der Waals surface area contributed by atoms with E-state index in [4.69, 9.17) is 4.74 Å². The molecule has 0 aliphatic carbocycles. The minimum atomic E-state index is -0.255. The molecule has 5 heteroatoms. The van der Waals surface area contributed by atoms with Crippen molar-refractivity contribution in [1.82, 2.24) is 9.88 Å². The van der Waals surface area contributed by atoms with Gasteiger partial charge in [0.15, 0.2) is 0 Å². The van der Waals surface area contributed by atoms with Gasteiger partial charge >= 0.3 is 0 Å². The van der Waals surface area contributed by atoms with Crippen molar-refractivity contribution in [3.63, 3.8) is 0 Å². The van der Waals surface area contributed by atoms with Gasteiger partial charge in [0.25, 0.3) is 0 Å². The molecule has 3 aromatic rings. The number of aromatic amines is 1. The zero-order chi connectivity index (χ0) is 19.7. The van der Waals surface area contributed by atoms with E-state index in [2.05, 4.69) is 16.0 Å². The van der Waals surface area contributed by atoms with E-state index in [1.165, 1.54) is 6.07 Å². The number of hydrogen-bond acceptors (Lipinski definition) is 3. The zero-order valence-corrected chi connectivity index (χ0v) is 16.4. The molecule has 4 nitrogen and oxygen atoms in total. The molecular formula is C23H27FN2O2. The summed E-state index contributed by atoms with van der Waals surface area (Å²) >= 11 is 0. The van der Waals surface area contributed by atoms with Crippen LogP contribution in [0.5, 0.6) is 5.75 Å². The Balaban J connectivity index is 1.61. The lowest BCUT2D eigenvalue weighted by molar-refractivity contribution is 0.152. The van der Waals surface area contributed by atoms with Crippen molar-refractivity contribution in [2.24, 2.45) is 0 Å². The number of aromatic nitrogens is 1. The predicted molar refractivity (Wildman–Crippen MR) is 110 cm³/mol. The standard InChI is InChI=1S/C23H27FN2O2/c1-15(2)28-20-6-7-22(24)21(12-20)16-5-8-23-17(10-16)11-18(25-23)13-26-9-3-4-19(26)14-27/h5-8,10-12,15,19,25,27H,3-4,9,13-14H2,1-2H3/t19-/m1/s1. The molecule has 0 bridgehead atoms. The number of rotatable bonds is 6. The Morgan fingerprint density at radius 3 is 2.86 bits per heavy atom. The lowest BCUT2D eigenvalue weighted by atomic mass is 10.0. The molecule has 0 spiro atoms. The summed E-state index contributed by atoms with van der Waals surface area (Å²) in [5.41, 5.74) is 3.53. The summed E-state index contributed by atoms with van der Waals surface area (Å²) in [7, 11) is 0. The normalized spacial score (nSPS) is 17.7. The van der Waals surface area contributed by atoms with E-state index in [0.717, 1.165) is 48.1 Å². The fourth-order valence-corrected chi connectivity index (χ4v) is 4.05. The van der Waals surface area contributed by atoms with Crippen LogP contribution in [0.1, 0.15) is 32.4 Å². The molecule has 1 atom stereocenters. The van der Waals surface area contributed by atoms with Gasteiger partial charge in [0.2, 0.25) is 0 Å². The molecule has 148 valence electrons. The van der Waals surface area contributed by atoms with Crippen molar-refractivity contribution in [3.8, 4) is 16.9 Å². The summed E-state index contributed by atoms with van der Waals surface area (Å²) in [5.74, 6) is 0.416. The Morgan fingerprint density at radius 2 is 2.07 bits per heavy atom. The quantitative estimate of drug-likeness (QED) is 0.649. The van der Waals surface area contributed by atoms with Gasteiger partial charge in [-0.25, -0.2) is 4.39 Å². The number of likely N-dealkylation sites (tertiary alicyclic amines) is 1. The van der Waals surface area contributed by atoms with Crippen LogP contribution in [0, 0.1) is 5.82 Å². The molecule has 2 heterocycles. The van der Waals surface area contributed by atoms with Crippen LogP contribution >= 0.6 is 0 Å². The van der Waals surface area contributed by atoms with E-state index in [9.17, 15) is 9.50 Å². The third-order valence-corrected chi connectivity index (χ3v) is 5.38. The van der Waals surface area contributed by atoms with Gasteiger partial charge in [-0.1, -0.05) is 6.07 Å². The van der Waals surface area contributed by atoms with Crippen LogP contribution in [-0.4, -0.2) is 40.3 Å². The maximum absolute atomic E-state index is 14.5. The number of halogens is 1. The topological polar surface area (TPSA) is 48.5 Å². The molecule has 0 amide bonds. The molecular weight excluding hydrogens is 355 g/mol. The Bertz CT molecular complexity index is 966. The summed E-state index contributed by atoms with van der Waals surface area (Å²) in [6.45, 7) is 5.93. The fourth-order valence-electron chi connectivity index (χ4n) is 4.05. The summed E-state index contributed by atoms with van der Waals surface area (Å²) < 4.78 is 20.2. The van der Waals surface area contributed by atoms with Crippen molar-refractivity contribution in [2.45, 2.75) is 45.4 Å². The first-order valence-electron chi connectivity index (χ1n) is 9.96. The van der Waals surface area contributed by atoms with E-state index in [0.29, 0.717) is 11.3 Å². The highest BCUT2D eigenvalue weighted by atomic mass is 19.1. The predicted octanol–water partition coefficient (Wildman–Crippen LogP) is 4.72. The van der Waals surface area contributed by atoms with Crippen LogP contribution in [0.15, 0.2) is 42.5 Å². The van der Waals surface area contributed by atoms with Crippen LogP contribution in [0.25, 0.3) is 22.0 Å². The molecule has 2 N–H and O–H groups in total. The van der Waals surface area contributed by atoms with E-state index in [1.807, 2.05) is 32.0 Å². The molecule has 1 aromatic heterocycles. The molecule has 4 rings (SSSR count). The number of aliphatic hydroxyl groups is 1. The second kappa shape index (κ2) is 7.94. The van der Waals surface area contributed by atoms with E-state index in [-0.39, 0.29) is 24.6 Å². The van der Waals surface area contributed by atoms with Crippen LogP contribution in [-0.2, 0) is 6.54 Å². The number of fused-ring (bicyclic) bond motifs is 1. The highest BCUT2D eigenvalue weighted by molar-refractivity contribution is 5.86. The summed E-state index contributed by atoms with van der Waals surface area (Å²) in [6, 6.07) is 13.2. The van der Waals surface area contributed by atoms with Crippen molar-refractivity contribution < 1.29 is 14.2 Å². The maximum atomic E-state index is 14.5. The Kier molecular flexibility index (Phi) is 5.38. The van der Waals surface area contributed by atoms with Gasteiger partial charge in [-0.15, -0.1) is 0 Å². The molecule has 28 heavy (non-hydrogen) atoms. The molecule has 1 aliphatic heterocycles. The monoisotopic (exact) mass is 382 g/mol. The lowest BCUT2D eigenvalue weighted by Crippen LogP contribution is -2.31. The number of nitrogens with zero attached hydrogens (tertiary/aromatic N) is 1. The molecule has 0 radical (unpaired) electrons. The van der Waals surface area contributed by atoms with Crippen LogP contribution in [0.3, 0.4) is 0 Å². The molecule has 1 aliphatic rings. The molecule has 0 saturated carbocycles. The second-order valence-electron chi connectivity index (χ2n) is 7.85. The Labute approximate surface area is 164 Å². The maximum Gasteiger partial charge on any atom is 0.131 e. The van der Waals surface area contributed by atoms with Crippen LogP contribution in [0.4, 0.5) is 4.39 Å². The number of aliphatic hydroxyl groups excluding tert-OH is 1. The first-order chi connectivity index (χ1) is 13.5. The molecule has 1 saturated heterocycles. The van der Waals surface area contributed by atoms with E-state index < -0.39 is 0 Å². The zero-order valence-electron chi connectivity index (χ0n) is 16.4. The summed E-state index contributed by atoms with van der Waals surface area (Å²) in [5, 5.41) is 10.6. The fraction of sp³-hybridized carbons (Fsp3) is 0.391. The number of hydrogen-bond donors (Lipinski definition) is 2. The van der Waals surface area contributed by atoms with E-state index >= 15 is 0 Å². The highest BCUT2D eigenvalue weighted by Gasteiger charge is 2.24. The summed E-state index contributed by atoms with van der Waals surface area (Å²) in [6.07, 6.45) is 2.22. The third kappa shape index (κ3) is 3.91. The smallest absolute Gasteiger partial charge is 0.131 e. The lowest BCUT2D eigenvalue weighted by Gasteiger charge is -2.21. The van der Waals surface area contributed by atoms with Crippen molar-refractivity contribution >= 4 is 10.9 Å². The molecule has 1 fully saturated rings. The number of H-pyrrole nitrogens is 1. The highest BCUT2D eigenvalue weighted by Crippen LogP contribution is 2.31. The van der Waals surface area contributed by atoms with Crippen LogP contribution in [0.2, 0.25) is 0 Å². The van der Waals surface area contributed by atoms with Crippen molar-refractivity contribution in [1.29, 1.82) is 0 Å². The first kappa shape index (κ1) is 19.0. The average molecular weight is 382 g/mol. The van der Waals surface area contributed by atoms with Gasteiger partial charge in [0.05, 0.1) is 12.7 Å². The van der Waals surface area contributed by atoms with Crippen molar-refractivity contribution in [3.05, 3.63) is 54.0 Å². The Hall–Kier alpha value is -2.37. The van der Waals surface area contributed by atoms with Gasteiger partial charge in [-0.05, 0) is 75.2 Å². The van der Waals surface area contributed by atoms with Gasteiger partial charge in [0.1, 0.15) is 11.6 Å². The summed E-state index contributed by atoms with van der Waals surface area (Å²) in [4.78, 5) is 5.77. The minimum absolute atomic E-state index is 0.0429.